The molecule has 0 atom stereocenters. The van der Waals surface area contributed by atoms with Gasteiger partial charge in [-0.05, 0) is 62.1 Å². The first-order valence-electron chi connectivity index (χ1n) is 12.5. The van der Waals surface area contributed by atoms with Crippen LogP contribution in [0.4, 0.5) is 5.00 Å². The van der Waals surface area contributed by atoms with Crippen molar-refractivity contribution in [3.05, 3.63) is 46.1 Å². The van der Waals surface area contributed by atoms with E-state index in [-0.39, 0.29) is 17.7 Å². The van der Waals surface area contributed by atoms with Crippen molar-refractivity contribution < 1.29 is 14.4 Å². The maximum absolute atomic E-state index is 13.7. The first-order valence-corrected chi connectivity index (χ1v) is 13.3. The van der Waals surface area contributed by atoms with E-state index in [1.54, 1.807) is 18.3 Å². The fourth-order valence-electron chi connectivity index (χ4n) is 5.46. The van der Waals surface area contributed by atoms with E-state index in [0.29, 0.717) is 54.6 Å². The first-order chi connectivity index (χ1) is 16.6. The number of nitrogens with zero attached hydrogens (tertiary/aromatic N) is 3. The number of aromatic nitrogens is 1. The summed E-state index contributed by atoms with van der Waals surface area (Å²) in [6.07, 6.45) is 12.6. The smallest absolute Gasteiger partial charge is 0.257 e. The highest BCUT2D eigenvalue weighted by atomic mass is 32.1. The normalized spacial score (nSPS) is 18.6. The third-order valence-electron chi connectivity index (χ3n) is 7.39. The Hall–Kier alpha value is -2.74. The van der Waals surface area contributed by atoms with Crippen molar-refractivity contribution in [2.45, 2.75) is 57.8 Å². The predicted molar refractivity (Wildman–Crippen MR) is 132 cm³/mol. The molecule has 3 aliphatic rings. The molecular formula is C26H32N4O3S. The molecule has 7 nitrogen and oxygen atoms in total. The van der Waals surface area contributed by atoms with E-state index in [1.807, 2.05) is 9.80 Å². The Balaban J connectivity index is 1.29. The summed E-state index contributed by atoms with van der Waals surface area (Å²) < 4.78 is 0. The molecule has 8 heteroatoms. The van der Waals surface area contributed by atoms with Crippen LogP contribution in [0.1, 0.15) is 76.1 Å². The highest BCUT2D eigenvalue weighted by Crippen LogP contribution is 2.39. The molecule has 2 aliphatic carbocycles. The molecule has 0 radical (unpaired) electrons. The number of anilines is 1. The summed E-state index contributed by atoms with van der Waals surface area (Å²) >= 11 is 1.54. The lowest BCUT2D eigenvalue weighted by Gasteiger charge is -2.35. The van der Waals surface area contributed by atoms with Gasteiger partial charge in [-0.25, -0.2) is 0 Å². The van der Waals surface area contributed by atoms with Crippen LogP contribution in [-0.4, -0.2) is 58.7 Å². The predicted octanol–water partition coefficient (Wildman–Crippen LogP) is 4.14. The number of carbonyl (C=O) groups is 3. The number of rotatable bonds is 5. The number of carbonyl (C=O) groups excluding carboxylic acids is 3. The number of aryl methyl sites for hydroxylation is 1. The van der Waals surface area contributed by atoms with Crippen molar-refractivity contribution in [2.75, 3.05) is 31.5 Å². The molecule has 1 saturated heterocycles. The fraction of sp³-hybridized carbons (Fsp3) is 0.538. The second-order valence-corrected chi connectivity index (χ2v) is 10.7. The molecule has 2 aromatic rings. The number of hydrogen-bond acceptors (Lipinski definition) is 5. The van der Waals surface area contributed by atoms with E-state index in [9.17, 15) is 14.4 Å². The van der Waals surface area contributed by atoms with E-state index in [0.717, 1.165) is 31.2 Å². The maximum atomic E-state index is 13.7. The molecule has 0 bridgehead atoms. The van der Waals surface area contributed by atoms with Gasteiger partial charge < -0.3 is 15.1 Å². The van der Waals surface area contributed by atoms with Crippen LogP contribution < -0.4 is 5.32 Å². The molecule has 0 unspecified atom stereocenters. The summed E-state index contributed by atoms with van der Waals surface area (Å²) in [5.74, 6) is 0.499. The van der Waals surface area contributed by atoms with Crippen molar-refractivity contribution in [2.24, 2.45) is 5.92 Å². The zero-order valence-electron chi connectivity index (χ0n) is 19.6. The van der Waals surface area contributed by atoms with Gasteiger partial charge >= 0.3 is 0 Å². The topological polar surface area (TPSA) is 82.6 Å². The number of piperazine rings is 1. The van der Waals surface area contributed by atoms with Crippen LogP contribution in [0.2, 0.25) is 0 Å². The average Bonchev–Trinajstić information content (AvgIpc) is 3.51. The van der Waals surface area contributed by atoms with Gasteiger partial charge in [0.1, 0.15) is 5.00 Å². The lowest BCUT2D eigenvalue weighted by Crippen LogP contribution is -2.51. The van der Waals surface area contributed by atoms with Gasteiger partial charge in [0.05, 0.1) is 11.1 Å². The lowest BCUT2D eigenvalue weighted by molar-refractivity contribution is -0.133. The van der Waals surface area contributed by atoms with Gasteiger partial charge in [-0.2, -0.15) is 0 Å². The standard InChI is InChI=1S/C26H32N4O3S/c31-22(16-18-6-1-2-7-18)29-12-14-30(15-13-29)26(33)23-20-9-3-4-10-21(20)34-25(23)28-24(32)19-8-5-11-27-17-19/h5,8,11,17-18H,1-4,6-7,9-10,12-16H2,(H,28,32). The van der Waals surface area contributed by atoms with Crippen LogP contribution in [0.3, 0.4) is 0 Å². The number of pyridine rings is 1. The highest BCUT2D eigenvalue weighted by Gasteiger charge is 2.32. The van der Waals surface area contributed by atoms with E-state index < -0.39 is 0 Å². The molecule has 34 heavy (non-hydrogen) atoms. The average molecular weight is 481 g/mol. The fourth-order valence-corrected chi connectivity index (χ4v) is 6.74. The number of fused-ring (bicyclic) bond motifs is 1. The Kier molecular flexibility index (Phi) is 6.94. The Morgan fingerprint density at radius 3 is 2.47 bits per heavy atom. The number of hydrogen-bond donors (Lipinski definition) is 1. The van der Waals surface area contributed by atoms with Crippen LogP contribution in [0.25, 0.3) is 0 Å². The lowest BCUT2D eigenvalue weighted by atomic mass is 9.95. The molecular weight excluding hydrogens is 448 g/mol. The molecule has 1 aliphatic heterocycles. The number of amides is 3. The number of thiophene rings is 1. The van der Waals surface area contributed by atoms with Gasteiger partial charge in [-0.1, -0.05) is 12.8 Å². The van der Waals surface area contributed by atoms with Crippen molar-refractivity contribution in [1.82, 2.24) is 14.8 Å². The minimum Gasteiger partial charge on any atom is -0.339 e. The molecule has 180 valence electrons. The van der Waals surface area contributed by atoms with Crippen LogP contribution in [-0.2, 0) is 17.6 Å². The van der Waals surface area contributed by atoms with Gasteiger partial charge in [0.25, 0.3) is 11.8 Å². The van der Waals surface area contributed by atoms with E-state index in [1.165, 1.54) is 48.1 Å². The molecule has 3 heterocycles. The molecule has 0 spiro atoms. The van der Waals surface area contributed by atoms with Crippen molar-refractivity contribution in [3.63, 3.8) is 0 Å². The zero-order chi connectivity index (χ0) is 23.5. The minimum atomic E-state index is -0.247. The molecule has 0 aromatic carbocycles. The van der Waals surface area contributed by atoms with Crippen molar-refractivity contribution in [1.29, 1.82) is 0 Å². The summed E-state index contributed by atoms with van der Waals surface area (Å²) in [6, 6.07) is 3.45. The highest BCUT2D eigenvalue weighted by molar-refractivity contribution is 7.17. The van der Waals surface area contributed by atoms with Crippen molar-refractivity contribution in [3.8, 4) is 0 Å². The molecule has 3 amide bonds. The van der Waals surface area contributed by atoms with Gasteiger partial charge in [-0.15, -0.1) is 11.3 Å². The van der Waals surface area contributed by atoms with Gasteiger partial charge in [0.2, 0.25) is 5.91 Å². The third kappa shape index (κ3) is 4.87. The Labute approximate surface area is 204 Å². The molecule has 2 aromatic heterocycles. The monoisotopic (exact) mass is 480 g/mol. The van der Waals surface area contributed by atoms with Gasteiger partial charge in [0.15, 0.2) is 0 Å². The SMILES string of the molecule is O=C(Nc1sc2c(c1C(=O)N1CCN(C(=O)CC3CCCC3)CC1)CCCC2)c1cccnc1. The summed E-state index contributed by atoms with van der Waals surface area (Å²) in [6.45, 7) is 2.24. The van der Waals surface area contributed by atoms with E-state index >= 15 is 0 Å². The Morgan fingerprint density at radius 2 is 1.74 bits per heavy atom. The minimum absolute atomic E-state index is 0.0243. The van der Waals surface area contributed by atoms with Crippen molar-refractivity contribution >= 4 is 34.1 Å². The van der Waals surface area contributed by atoms with Gasteiger partial charge in [-0.3, -0.25) is 19.4 Å². The first kappa shape index (κ1) is 23.0. The summed E-state index contributed by atoms with van der Waals surface area (Å²) in [4.78, 5) is 48.3. The van der Waals surface area contributed by atoms with E-state index in [4.69, 9.17) is 0 Å². The molecule has 5 rings (SSSR count). The van der Waals surface area contributed by atoms with Crippen LogP contribution >= 0.6 is 11.3 Å². The Bertz CT molecular complexity index is 1050. The maximum Gasteiger partial charge on any atom is 0.257 e. The summed E-state index contributed by atoms with van der Waals surface area (Å²) in [5, 5.41) is 3.64. The van der Waals surface area contributed by atoms with Crippen LogP contribution in [0, 0.1) is 5.92 Å². The second-order valence-electron chi connectivity index (χ2n) is 9.64. The summed E-state index contributed by atoms with van der Waals surface area (Å²) in [5.41, 5.74) is 2.23. The molecule has 1 N–H and O–H groups in total. The van der Waals surface area contributed by atoms with E-state index in [2.05, 4.69) is 10.3 Å². The number of nitrogens with one attached hydrogen (secondary N) is 1. The molecule has 2 fully saturated rings. The zero-order valence-corrected chi connectivity index (χ0v) is 20.4. The van der Waals surface area contributed by atoms with Crippen LogP contribution in [0.5, 0.6) is 0 Å². The Morgan fingerprint density at radius 1 is 1.00 bits per heavy atom. The van der Waals surface area contributed by atoms with Gasteiger partial charge in [0, 0.05) is 49.9 Å². The second kappa shape index (κ2) is 10.3. The van der Waals surface area contributed by atoms with Crippen LogP contribution in [0.15, 0.2) is 24.5 Å². The largest absolute Gasteiger partial charge is 0.339 e. The summed E-state index contributed by atoms with van der Waals surface area (Å²) in [7, 11) is 0. The molecule has 1 saturated carbocycles. The quantitative estimate of drug-likeness (QED) is 0.697. The third-order valence-corrected chi connectivity index (χ3v) is 8.60.